The zero-order valence-electron chi connectivity index (χ0n) is 8.54. The van der Waals surface area contributed by atoms with E-state index in [9.17, 15) is 5.11 Å². The molecule has 1 aromatic carbocycles. The molecule has 0 fully saturated rings. The third-order valence-electron chi connectivity index (χ3n) is 2.15. The fourth-order valence-electron chi connectivity index (χ4n) is 1.31. The number of methoxy groups -OCH3 is 1. The summed E-state index contributed by atoms with van der Waals surface area (Å²) < 4.78 is 6.90. The molecule has 1 unspecified atom stereocenters. The fraction of sp³-hybridized carbons (Fsp3) is 0.455. The molecule has 0 bridgehead atoms. The zero-order valence-corrected chi connectivity index (χ0v) is 11.7. The van der Waals surface area contributed by atoms with Crippen LogP contribution >= 0.6 is 31.9 Å². The average molecular weight is 338 g/mol. The maximum Gasteiger partial charge on any atom is 0.0791 e. The van der Waals surface area contributed by atoms with E-state index in [2.05, 4.69) is 31.9 Å². The summed E-state index contributed by atoms with van der Waals surface area (Å²) in [6, 6.07) is 5.78. The summed E-state index contributed by atoms with van der Waals surface area (Å²) in [5, 5.41) is 9.87. The van der Waals surface area contributed by atoms with Crippen molar-refractivity contribution in [1.82, 2.24) is 0 Å². The van der Waals surface area contributed by atoms with Crippen molar-refractivity contribution < 1.29 is 9.84 Å². The van der Waals surface area contributed by atoms with E-state index < -0.39 is 6.10 Å². The highest BCUT2D eigenvalue weighted by Gasteiger charge is 2.08. The second-order valence-corrected chi connectivity index (χ2v) is 5.03. The average Bonchev–Trinajstić information content (AvgIpc) is 2.22. The van der Waals surface area contributed by atoms with Crippen LogP contribution in [0.3, 0.4) is 0 Å². The molecule has 0 aliphatic heterocycles. The minimum Gasteiger partial charge on any atom is -0.388 e. The summed E-state index contributed by atoms with van der Waals surface area (Å²) in [5.41, 5.74) is 0.932. The zero-order chi connectivity index (χ0) is 11.3. The van der Waals surface area contributed by atoms with Gasteiger partial charge in [0.05, 0.1) is 6.10 Å². The number of rotatable bonds is 5. The predicted octanol–water partition coefficient (Wildman–Crippen LogP) is 3.67. The Hall–Kier alpha value is 0.1000. The molecule has 1 atom stereocenters. The van der Waals surface area contributed by atoms with Gasteiger partial charge in [-0.3, -0.25) is 0 Å². The molecule has 0 saturated heterocycles. The minimum atomic E-state index is -0.412. The SMILES string of the molecule is COCCCC(O)c1ccc(Br)c(Br)c1. The van der Waals surface area contributed by atoms with Crippen LogP contribution < -0.4 is 0 Å². The topological polar surface area (TPSA) is 29.5 Å². The van der Waals surface area contributed by atoms with E-state index in [-0.39, 0.29) is 0 Å². The first-order valence-corrected chi connectivity index (χ1v) is 6.35. The normalized spacial score (nSPS) is 12.8. The van der Waals surface area contributed by atoms with Gasteiger partial charge in [0.2, 0.25) is 0 Å². The van der Waals surface area contributed by atoms with Gasteiger partial charge in [-0.25, -0.2) is 0 Å². The second kappa shape index (κ2) is 6.63. The Morgan fingerprint density at radius 1 is 1.33 bits per heavy atom. The molecule has 0 amide bonds. The highest BCUT2D eigenvalue weighted by Crippen LogP contribution is 2.27. The van der Waals surface area contributed by atoms with Crippen LogP contribution in [-0.4, -0.2) is 18.8 Å². The molecule has 0 saturated carbocycles. The van der Waals surface area contributed by atoms with Crippen LogP contribution in [0.2, 0.25) is 0 Å². The molecule has 0 heterocycles. The summed E-state index contributed by atoms with van der Waals surface area (Å²) in [4.78, 5) is 0. The predicted molar refractivity (Wildman–Crippen MR) is 67.9 cm³/mol. The van der Waals surface area contributed by atoms with Crippen LogP contribution in [0.15, 0.2) is 27.1 Å². The smallest absolute Gasteiger partial charge is 0.0791 e. The number of aliphatic hydroxyl groups excluding tert-OH is 1. The number of aliphatic hydroxyl groups is 1. The number of halogens is 2. The lowest BCUT2D eigenvalue weighted by molar-refractivity contribution is 0.136. The standard InChI is InChI=1S/C11H14Br2O2/c1-15-6-2-3-11(14)8-4-5-9(12)10(13)7-8/h4-5,7,11,14H,2-3,6H2,1H3. The van der Waals surface area contributed by atoms with Crippen LogP contribution in [-0.2, 0) is 4.74 Å². The van der Waals surface area contributed by atoms with E-state index in [4.69, 9.17) is 4.74 Å². The molecule has 0 spiro atoms. The van der Waals surface area contributed by atoms with Gasteiger partial charge in [0.25, 0.3) is 0 Å². The Morgan fingerprint density at radius 2 is 2.07 bits per heavy atom. The first-order chi connectivity index (χ1) is 7.15. The number of benzene rings is 1. The molecule has 0 radical (unpaired) electrons. The van der Waals surface area contributed by atoms with E-state index in [0.717, 1.165) is 27.4 Å². The molecular formula is C11H14Br2O2. The van der Waals surface area contributed by atoms with Gasteiger partial charge >= 0.3 is 0 Å². The van der Waals surface area contributed by atoms with Gasteiger partial charge in [-0.05, 0) is 62.4 Å². The molecule has 15 heavy (non-hydrogen) atoms. The van der Waals surface area contributed by atoms with Gasteiger partial charge in [0.1, 0.15) is 0 Å². The van der Waals surface area contributed by atoms with E-state index in [1.165, 1.54) is 0 Å². The molecule has 1 N–H and O–H groups in total. The van der Waals surface area contributed by atoms with Crippen molar-refractivity contribution in [3.05, 3.63) is 32.7 Å². The van der Waals surface area contributed by atoms with Crippen molar-refractivity contribution in [3.63, 3.8) is 0 Å². The Morgan fingerprint density at radius 3 is 2.67 bits per heavy atom. The molecule has 4 heteroatoms. The van der Waals surface area contributed by atoms with Crippen LogP contribution in [0.5, 0.6) is 0 Å². The third kappa shape index (κ3) is 4.23. The summed E-state index contributed by atoms with van der Waals surface area (Å²) in [7, 11) is 1.67. The minimum absolute atomic E-state index is 0.412. The largest absolute Gasteiger partial charge is 0.388 e. The lowest BCUT2D eigenvalue weighted by atomic mass is 10.1. The highest BCUT2D eigenvalue weighted by atomic mass is 79.9. The first kappa shape index (κ1) is 13.2. The van der Waals surface area contributed by atoms with Crippen molar-refractivity contribution >= 4 is 31.9 Å². The maximum atomic E-state index is 9.87. The summed E-state index contributed by atoms with van der Waals surface area (Å²) >= 11 is 6.81. The summed E-state index contributed by atoms with van der Waals surface area (Å²) in [5.74, 6) is 0. The molecule has 84 valence electrons. The van der Waals surface area contributed by atoms with Gasteiger partial charge in [0, 0.05) is 22.7 Å². The van der Waals surface area contributed by atoms with Gasteiger partial charge in [-0.15, -0.1) is 0 Å². The Kier molecular flexibility index (Phi) is 5.82. The number of hydrogen-bond donors (Lipinski definition) is 1. The van der Waals surface area contributed by atoms with Gasteiger partial charge < -0.3 is 9.84 Å². The summed E-state index contributed by atoms with van der Waals surface area (Å²) in [6.07, 6.45) is 1.18. The van der Waals surface area contributed by atoms with E-state index in [1.54, 1.807) is 7.11 Å². The van der Waals surface area contributed by atoms with Crippen LogP contribution in [0.25, 0.3) is 0 Å². The molecule has 0 aromatic heterocycles. The Bertz CT molecular complexity index is 315. The van der Waals surface area contributed by atoms with E-state index in [0.29, 0.717) is 6.61 Å². The van der Waals surface area contributed by atoms with Crippen LogP contribution in [0, 0.1) is 0 Å². The number of hydrogen-bond acceptors (Lipinski definition) is 2. The molecular weight excluding hydrogens is 324 g/mol. The lowest BCUT2D eigenvalue weighted by Crippen LogP contribution is -1.99. The van der Waals surface area contributed by atoms with E-state index in [1.807, 2.05) is 18.2 Å². The molecule has 1 aromatic rings. The number of ether oxygens (including phenoxy) is 1. The lowest BCUT2D eigenvalue weighted by Gasteiger charge is -2.11. The van der Waals surface area contributed by atoms with Crippen molar-refractivity contribution in [1.29, 1.82) is 0 Å². The fourth-order valence-corrected chi connectivity index (χ4v) is 1.95. The Labute approximate surface area is 107 Å². The van der Waals surface area contributed by atoms with Crippen molar-refractivity contribution in [2.45, 2.75) is 18.9 Å². The van der Waals surface area contributed by atoms with Crippen molar-refractivity contribution in [3.8, 4) is 0 Å². The van der Waals surface area contributed by atoms with Gasteiger partial charge in [-0.1, -0.05) is 6.07 Å². The molecule has 2 nitrogen and oxygen atoms in total. The third-order valence-corrected chi connectivity index (χ3v) is 4.03. The molecule has 0 aliphatic rings. The molecule has 1 rings (SSSR count). The van der Waals surface area contributed by atoms with Gasteiger partial charge in [-0.2, -0.15) is 0 Å². The second-order valence-electron chi connectivity index (χ2n) is 3.32. The summed E-state index contributed by atoms with van der Waals surface area (Å²) in [6.45, 7) is 0.689. The quantitative estimate of drug-likeness (QED) is 0.831. The Balaban J connectivity index is 2.57. The van der Waals surface area contributed by atoms with E-state index >= 15 is 0 Å². The maximum absolute atomic E-state index is 9.87. The highest BCUT2D eigenvalue weighted by molar-refractivity contribution is 9.13. The van der Waals surface area contributed by atoms with Crippen LogP contribution in [0.4, 0.5) is 0 Å². The van der Waals surface area contributed by atoms with Crippen molar-refractivity contribution in [2.75, 3.05) is 13.7 Å². The van der Waals surface area contributed by atoms with Crippen LogP contribution in [0.1, 0.15) is 24.5 Å². The monoisotopic (exact) mass is 336 g/mol. The first-order valence-electron chi connectivity index (χ1n) is 4.77. The van der Waals surface area contributed by atoms with Crippen molar-refractivity contribution in [2.24, 2.45) is 0 Å². The molecule has 0 aliphatic carbocycles. The van der Waals surface area contributed by atoms with Gasteiger partial charge in [0.15, 0.2) is 0 Å².